The molecule has 0 aliphatic heterocycles. The maximum absolute atomic E-state index is 12.6. The normalized spacial score (nSPS) is 13.2. The summed E-state index contributed by atoms with van der Waals surface area (Å²) in [6, 6.07) is -0.613. The summed E-state index contributed by atoms with van der Waals surface area (Å²) in [6.07, 6.45) is 33.6. The first kappa shape index (κ1) is 46.8. The van der Waals surface area contributed by atoms with Crippen molar-refractivity contribution >= 4 is 17.9 Å². The van der Waals surface area contributed by atoms with Gasteiger partial charge in [0.1, 0.15) is 6.61 Å². The minimum atomic E-state index is -0.877. The molecule has 8 nitrogen and oxygen atoms in total. The zero-order valence-electron chi connectivity index (χ0n) is 32.4. The Kier molecular flexibility index (Phi) is 31.5. The number of carboxylic acid groups (broad SMARTS) is 1. The van der Waals surface area contributed by atoms with Crippen molar-refractivity contribution in [2.24, 2.45) is 0 Å². The first-order valence-electron chi connectivity index (χ1n) is 19.9. The van der Waals surface area contributed by atoms with Crippen molar-refractivity contribution in [3.63, 3.8) is 0 Å². The number of hydrogen-bond acceptors (Lipinski definition) is 6. The number of unbranched alkanes of at least 4 members (excludes halogenated alkanes) is 17. The molecule has 0 heterocycles. The summed E-state index contributed by atoms with van der Waals surface area (Å²) >= 11 is 0. The van der Waals surface area contributed by atoms with Gasteiger partial charge in [0.25, 0.3) is 0 Å². The van der Waals surface area contributed by atoms with Gasteiger partial charge in [-0.1, -0.05) is 134 Å². The Balaban J connectivity index is 4.40. The second-order valence-corrected chi connectivity index (χ2v) is 14.5. The largest absolute Gasteiger partial charge is 0.477 e. The van der Waals surface area contributed by atoms with E-state index in [1.807, 2.05) is 21.1 Å². The molecule has 0 aromatic carbocycles. The number of carbonyl (C=O) groups excluding carboxylic acids is 2. The average Bonchev–Trinajstić information content (AvgIpc) is 3.05. The first-order chi connectivity index (χ1) is 23.6. The molecule has 286 valence electrons. The van der Waals surface area contributed by atoms with Crippen LogP contribution >= 0.6 is 0 Å². The zero-order valence-corrected chi connectivity index (χ0v) is 32.4. The second-order valence-electron chi connectivity index (χ2n) is 14.5. The van der Waals surface area contributed by atoms with Gasteiger partial charge in [-0.15, -0.1) is 0 Å². The van der Waals surface area contributed by atoms with Crippen LogP contribution in [0.3, 0.4) is 0 Å². The van der Waals surface area contributed by atoms with E-state index in [1.165, 1.54) is 64.2 Å². The summed E-state index contributed by atoms with van der Waals surface area (Å²) in [6.45, 7) is 4.61. The Morgan fingerprint density at radius 3 is 1.67 bits per heavy atom. The van der Waals surface area contributed by atoms with Gasteiger partial charge in [0, 0.05) is 19.3 Å². The van der Waals surface area contributed by atoms with E-state index in [4.69, 9.17) is 14.2 Å². The van der Waals surface area contributed by atoms with E-state index in [-0.39, 0.29) is 36.2 Å². The Labute approximate surface area is 301 Å². The molecule has 0 fully saturated rings. The summed E-state index contributed by atoms with van der Waals surface area (Å²) in [5, 5.41) is 9.58. The molecule has 0 aromatic rings. The minimum absolute atomic E-state index is 0.0531. The van der Waals surface area contributed by atoms with Crippen LogP contribution in [0.1, 0.15) is 168 Å². The summed E-state index contributed by atoms with van der Waals surface area (Å²) < 4.78 is 17.2. The summed E-state index contributed by atoms with van der Waals surface area (Å²) in [5.41, 5.74) is 0. The molecule has 8 heteroatoms. The third-order valence-corrected chi connectivity index (χ3v) is 8.87. The smallest absolute Gasteiger partial charge is 0.362 e. The van der Waals surface area contributed by atoms with Gasteiger partial charge in [0.15, 0.2) is 12.1 Å². The SMILES string of the molecule is CC/C=C/C/C=C/CCCCCCCC(=O)OC(COCCC(C(=O)O)[N+](C)(C)C)COC(=O)CCCCCCCCCCCCCCC. The van der Waals surface area contributed by atoms with Gasteiger partial charge in [-0.05, 0) is 38.5 Å². The molecule has 0 spiro atoms. The van der Waals surface area contributed by atoms with Crippen molar-refractivity contribution in [2.75, 3.05) is 41.0 Å². The van der Waals surface area contributed by atoms with Gasteiger partial charge >= 0.3 is 17.9 Å². The molecule has 0 saturated heterocycles. The highest BCUT2D eigenvalue weighted by Crippen LogP contribution is 2.14. The molecular formula is C41H76NO7+. The van der Waals surface area contributed by atoms with Crippen LogP contribution in [0.4, 0.5) is 0 Å². The summed E-state index contributed by atoms with van der Waals surface area (Å²) in [5.74, 6) is -1.48. The summed E-state index contributed by atoms with van der Waals surface area (Å²) in [7, 11) is 5.51. The fourth-order valence-corrected chi connectivity index (χ4v) is 5.78. The van der Waals surface area contributed by atoms with E-state index >= 15 is 0 Å². The number of allylic oxidation sites excluding steroid dienone is 4. The van der Waals surface area contributed by atoms with Crippen LogP contribution in [0.25, 0.3) is 0 Å². The number of quaternary nitrogens is 1. The Hall–Kier alpha value is -2.19. The number of carbonyl (C=O) groups is 3. The molecule has 0 saturated carbocycles. The molecule has 0 radical (unpaired) electrons. The van der Waals surface area contributed by atoms with Crippen LogP contribution in [0.2, 0.25) is 0 Å². The minimum Gasteiger partial charge on any atom is -0.477 e. The van der Waals surface area contributed by atoms with Crippen molar-refractivity contribution in [3.8, 4) is 0 Å². The molecule has 0 amide bonds. The van der Waals surface area contributed by atoms with Gasteiger partial charge in [-0.2, -0.15) is 0 Å². The molecule has 49 heavy (non-hydrogen) atoms. The van der Waals surface area contributed by atoms with Gasteiger partial charge in [0.2, 0.25) is 0 Å². The monoisotopic (exact) mass is 695 g/mol. The van der Waals surface area contributed by atoms with Crippen LogP contribution in [0, 0.1) is 0 Å². The number of ether oxygens (including phenoxy) is 3. The lowest BCUT2D eigenvalue weighted by Crippen LogP contribution is -2.50. The third kappa shape index (κ3) is 31.5. The number of aliphatic carboxylic acids is 1. The average molecular weight is 695 g/mol. The lowest BCUT2D eigenvalue weighted by atomic mass is 10.0. The van der Waals surface area contributed by atoms with E-state index in [0.717, 1.165) is 70.6 Å². The maximum Gasteiger partial charge on any atom is 0.362 e. The first-order valence-corrected chi connectivity index (χ1v) is 19.9. The standard InChI is InChI=1S/C41H75NO7/c1-6-8-10-12-14-16-18-20-22-23-25-27-29-31-39(43)48-36-37(35-47-34-33-38(41(45)46)42(3,4)5)49-40(44)32-30-28-26-24-21-19-17-15-13-11-9-7-2/h9,11,15,17,37-38H,6-8,10,12-14,16,18-36H2,1-5H3/p+1/b11-9+,17-15+. The predicted molar refractivity (Wildman–Crippen MR) is 202 cm³/mol. The van der Waals surface area contributed by atoms with Crippen LogP contribution in [0.15, 0.2) is 24.3 Å². The number of likely N-dealkylation sites (N-methyl/N-ethyl adjacent to an activating group) is 1. The highest BCUT2D eigenvalue weighted by Gasteiger charge is 2.31. The van der Waals surface area contributed by atoms with Gasteiger partial charge < -0.3 is 23.8 Å². The topological polar surface area (TPSA) is 99.1 Å². The fourth-order valence-electron chi connectivity index (χ4n) is 5.78. The van der Waals surface area contributed by atoms with E-state index in [9.17, 15) is 19.5 Å². The molecule has 0 aromatic heterocycles. The van der Waals surface area contributed by atoms with Crippen molar-refractivity contribution in [1.82, 2.24) is 0 Å². The van der Waals surface area contributed by atoms with Crippen molar-refractivity contribution in [2.45, 2.75) is 180 Å². The number of esters is 2. The van der Waals surface area contributed by atoms with Gasteiger partial charge in [-0.3, -0.25) is 9.59 Å². The molecule has 0 rings (SSSR count). The Bertz CT molecular complexity index is 864. The molecule has 0 aliphatic rings. The third-order valence-electron chi connectivity index (χ3n) is 8.87. The molecule has 0 bridgehead atoms. The number of rotatable bonds is 35. The molecular weight excluding hydrogens is 618 g/mol. The van der Waals surface area contributed by atoms with Crippen LogP contribution in [0.5, 0.6) is 0 Å². The second kappa shape index (κ2) is 33.0. The van der Waals surface area contributed by atoms with Gasteiger partial charge in [0.05, 0.1) is 34.4 Å². The molecule has 2 atom stereocenters. The van der Waals surface area contributed by atoms with Crippen molar-refractivity contribution in [3.05, 3.63) is 24.3 Å². The highest BCUT2D eigenvalue weighted by atomic mass is 16.6. The fraction of sp³-hybridized carbons (Fsp3) is 0.829. The number of hydrogen-bond donors (Lipinski definition) is 1. The van der Waals surface area contributed by atoms with Crippen molar-refractivity contribution in [1.29, 1.82) is 0 Å². The predicted octanol–water partition coefficient (Wildman–Crippen LogP) is 10.1. The van der Waals surface area contributed by atoms with E-state index in [2.05, 4.69) is 38.2 Å². The van der Waals surface area contributed by atoms with E-state index < -0.39 is 18.1 Å². The lowest BCUT2D eigenvalue weighted by molar-refractivity contribution is -0.887. The Morgan fingerprint density at radius 2 is 1.14 bits per heavy atom. The number of carboxylic acids is 1. The quantitative estimate of drug-likeness (QED) is 0.0305. The molecule has 2 unspecified atom stereocenters. The Morgan fingerprint density at radius 1 is 0.633 bits per heavy atom. The van der Waals surface area contributed by atoms with Gasteiger partial charge in [-0.25, -0.2) is 4.79 Å². The molecule has 0 aliphatic carbocycles. The highest BCUT2D eigenvalue weighted by molar-refractivity contribution is 5.72. The van der Waals surface area contributed by atoms with Crippen LogP contribution in [-0.2, 0) is 28.6 Å². The molecule has 1 N–H and O–H groups in total. The lowest BCUT2D eigenvalue weighted by Gasteiger charge is -2.31. The number of nitrogens with zero attached hydrogens (tertiary/aromatic N) is 1. The van der Waals surface area contributed by atoms with E-state index in [1.54, 1.807) is 0 Å². The van der Waals surface area contributed by atoms with Crippen LogP contribution < -0.4 is 0 Å². The summed E-state index contributed by atoms with van der Waals surface area (Å²) in [4.78, 5) is 36.8. The van der Waals surface area contributed by atoms with Crippen LogP contribution in [-0.4, -0.2) is 80.6 Å². The zero-order chi connectivity index (χ0) is 36.4. The maximum atomic E-state index is 12.6. The van der Waals surface area contributed by atoms with Crippen molar-refractivity contribution < 1.29 is 38.2 Å². The van der Waals surface area contributed by atoms with E-state index in [0.29, 0.717) is 19.3 Å².